The van der Waals surface area contributed by atoms with E-state index in [0.29, 0.717) is 12.1 Å². The summed E-state index contributed by atoms with van der Waals surface area (Å²) in [5.41, 5.74) is 0. The van der Waals surface area contributed by atoms with E-state index in [1.165, 1.54) is 13.1 Å². The minimum absolute atomic E-state index is 0.0463. The second-order valence-electron chi connectivity index (χ2n) is 7.30. The van der Waals surface area contributed by atoms with E-state index in [-0.39, 0.29) is 6.04 Å². The van der Waals surface area contributed by atoms with Crippen LogP contribution in [0, 0.1) is 10.8 Å². The lowest BCUT2D eigenvalue weighted by atomic mass is 10.3. The summed E-state index contributed by atoms with van der Waals surface area (Å²) in [5.74, 6) is 0.833. The van der Waals surface area contributed by atoms with E-state index in [2.05, 4.69) is 91.4 Å². The molecule has 0 saturated carbocycles. The Bertz CT molecular complexity index is 202. The van der Waals surface area contributed by atoms with E-state index in [1.54, 1.807) is 13.8 Å². The molecule has 0 aromatic rings. The van der Waals surface area contributed by atoms with E-state index >= 15 is 0 Å². The molecule has 0 aliphatic carbocycles. The fourth-order valence-corrected chi connectivity index (χ4v) is 0.954. The standard InChI is InChI=1S/C7H17N.C5H13N.C4H10.C3H7NO/c1-5-8(6-2)7(3)4;1-5(2)6(3)4;1-4(2)3;1-3(2)4-5/h7H,5-6H2,1-4H3;5H,1-4H3;4H,1-3H3;3H,1-2H3. The normalized spacial score (nSPS) is 10.2. The molecule has 0 amide bonds. The zero-order valence-corrected chi connectivity index (χ0v) is 18.5. The lowest BCUT2D eigenvalue weighted by Gasteiger charge is -2.21. The molecule has 0 heterocycles. The molecule has 0 aromatic heterocycles. The van der Waals surface area contributed by atoms with Crippen LogP contribution in [0.1, 0.15) is 76.2 Å². The van der Waals surface area contributed by atoms with Gasteiger partial charge < -0.3 is 9.80 Å². The minimum Gasteiger partial charge on any atom is -0.307 e. The summed E-state index contributed by atoms with van der Waals surface area (Å²) in [4.78, 5) is 13.8. The molecule has 23 heavy (non-hydrogen) atoms. The molecule has 0 N–H and O–H groups in total. The van der Waals surface area contributed by atoms with Gasteiger partial charge in [0.25, 0.3) is 0 Å². The van der Waals surface area contributed by atoms with Gasteiger partial charge >= 0.3 is 0 Å². The Morgan fingerprint density at radius 1 is 0.739 bits per heavy atom. The fourth-order valence-electron chi connectivity index (χ4n) is 0.954. The van der Waals surface area contributed by atoms with E-state index in [1.807, 2.05) is 0 Å². The monoisotopic (exact) mass is 333 g/mol. The van der Waals surface area contributed by atoms with Crippen molar-refractivity contribution in [2.75, 3.05) is 27.2 Å². The van der Waals surface area contributed by atoms with Crippen LogP contribution in [0.3, 0.4) is 0 Å². The van der Waals surface area contributed by atoms with Crippen LogP contribution in [0.4, 0.5) is 0 Å². The van der Waals surface area contributed by atoms with Gasteiger partial charge in [-0.15, -0.1) is 0 Å². The molecular formula is C19H47N3O. The van der Waals surface area contributed by atoms with Crippen molar-refractivity contribution >= 4 is 0 Å². The van der Waals surface area contributed by atoms with Crippen LogP contribution < -0.4 is 0 Å². The third kappa shape index (κ3) is 44.9. The highest BCUT2D eigenvalue weighted by Gasteiger charge is 2.00. The quantitative estimate of drug-likeness (QED) is 0.622. The molecule has 0 rings (SSSR count). The molecule has 0 saturated heterocycles. The van der Waals surface area contributed by atoms with Crippen LogP contribution in [0.2, 0.25) is 0 Å². The lowest BCUT2D eigenvalue weighted by molar-refractivity contribution is 0.246. The van der Waals surface area contributed by atoms with E-state index < -0.39 is 0 Å². The Balaban J connectivity index is -0.000000108. The molecule has 0 atom stereocenters. The molecule has 0 radical (unpaired) electrons. The molecule has 0 bridgehead atoms. The predicted octanol–water partition coefficient (Wildman–Crippen LogP) is 5.52. The van der Waals surface area contributed by atoms with Crippen molar-refractivity contribution in [3.63, 3.8) is 0 Å². The summed E-state index contributed by atoms with van der Waals surface area (Å²) in [7, 11) is 4.15. The third-order valence-electron chi connectivity index (χ3n) is 2.79. The van der Waals surface area contributed by atoms with Crippen LogP contribution in [0.25, 0.3) is 0 Å². The highest BCUT2D eigenvalue weighted by Crippen LogP contribution is 1.94. The van der Waals surface area contributed by atoms with Gasteiger partial charge in [-0.1, -0.05) is 39.8 Å². The maximum absolute atomic E-state index is 9.25. The average molecular weight is 334 g/mol. The van der Waals surface area contributed by atoms with Gasteiger partial charge in [0, 0.05) is 12.1 Å². The highest BCUT2D eigenvalue weighted by molar-refractivity contribution is 4.56. The fraction of sp³-hybridized carbons (Fsp3) is 1.00. The first kappa shape index (κ1) is 30.4. The molecule has 0 aliphatic rings. The molecule has 0 spiro atoms. The summed E-state index contributed by atoms with van der Waals surface area (Å²) < 4.78 is 0. The molecule has 0 aliphatic heterocycles. The summed E-state index contributed by atoms with van der Waals surface area (Å²) in [6, 6.07) is 1.35. The van der Waals surface area contributed by atoms with Gasteiger partial charge in [0.1, 0.15) is 0 Å². The van der Waals surface area contributed by atoms with Gasteiger partial charge in [0.15, 0.2) is 0 Å². The maximum atomic E-state index is 9.25. The summed E-state index contributed by atoms with van der Waals surface area (Å²) in [5, 5.41) is 2.64. The van der Waals surface area contributed by atoms with Crippen molar-refractivity contribution in [1.29, 1.82) is 0 Å². The zero-order valence-electron chi connectivity index (χ0n) is 18.5. The van der Waals surface area contributed by atoms with Crippen molar-refractivity contribution in [3.8, 4) is 0 Å². The van der Waals surface area contributed by atoms with E-state index in [4.69, 9.17) is 0 Å². The summed E-state index contributed by atoms with van der Waals surface area (Å²) >= 11 is 0. The van der Waals surface area contributed by atoms with E-state index in [9.17, 15) is 4.91 Å². The molecule has 4 nitrogen and oxygen atoms in total. The summed E-state index contributed by atoms with van der Waals surface area (Å²) in [6.07, 6.45) is 0. The lowest BCUT2D eigenvalue weighted by Crippen LogP contribution is -2.29. The highest BCUT2D eigenvalue weighted by atomic mass is 16.3. The average Bonchev–Trinajstić information content (AvgIpc) is 2.40. The van der Waals surface area contributed by atoms with Crippen LogP contribution in [-0.2, 0) is 0 Å². The number of rotatable bonds is 5. The summed E-state index contributed by atoms with van der Waals surface area (Å²) in [6.45, 7) is 25.5. The molecular weight excluding hydrogens is 286 g/mol. The Hall–Kier alpha value is -0.480. The van der Waals surface area contributed by atoms with Gasteiger partial charge in [-0.3, -0.25) is 0 Å². The Morgan fingerprint density at radius 3 is 0.957 bits per heavy atom. The van der Waals surface area contributed by atoms with Gasteiger partial charge in [-0.2, -0.15) is 4.91 Å². The van der Waals surface area contributed by atoms with Crippen molar-refractivity contribution in [2.24, 2.45) is 11.1 Å². The zero-order chi connectivity index (χ0) is 19.6. The van der Waals surface area contributed by atoms with Gasteiger partial charge in [-0.25, -0.2) is 0 Å². The van der Waals surface area contributed by atoms with Crippen LogP contribution in [0.15, 0.2) is 5.18 Å². The predicted molar refractivity (Wildman–Crippen MR) is 108 cm³/mol. The first-order valence-electron chi connectivity index (χ1n) is 9.09. The topological polar surface area (TPSA) is 35.9 Å². The molecule has 0 unspecified atom stereocenters. The number of hydrogen-bond donors (Lipinski definition) is 0. The maximum Gasteiger partial charge on any atom is 0.0863 e. The van der Waals surface area contributed by atoms with Gasteiger partial charge in [-0.05, 0) is 74.6 Å². The Labute approximate surface area is 148 Å². The SMILES string of the molecule is CC(C)C.CC(C)N(C)C.CC(C)N=O.CCN(CC)C(C)C. The minimum atomic E-state index is -0.0463. The Morgan fingerprint density at radius 2 is 0.957 bits per heavy atom. The number of hydrogen-bond acceptors (Lipinski definition) is 4. The molecule has 0 fully saturated rings. The largest absolute Gasteiger partial charge is 0.307 e. The molecule has 4 heteroatoms. The van der Waals surface area contributed by atoms with Crippen molar-refractivity contribution in [3.05, 3.63) is 4.91 Å². The molecule has 0 aromatic carbocycles. The third-order valence-corrected chi connectivity index (χ3v) is 2.79. The number of nitroso groups, excluding NO2 is 1. The van der Waals surface area contributed by atoms with Crippen LogP contribution in [-0.4, -0.2) is 55.1 Å². The van der Waals surface area contributed by atoms with Crippen molar-refractivity contribution in [2.45, 2.75) is 94.3 Å². The number of nitrogens with zero attached hydrogens (tertiary/aromatic N) is 3. The van der Waals surface area contributed by atoms with Gasteiger partial charge in [0.2, 0.25) is 0 Å². The second-order valence-corrected chi connectivity index (χ2v) is 7.30. The molecule has 144 valence electrons. The second kappa shape index (κ2) is 21.5. The van der Waals surface area contributed by atoms with Crippen LogP contribution >= 0.6 is 0 Å². The first-order chi connectivity index (χ1) is 10.4. The van der Waals surface area contributed by atoms with E-state index in [0.717, 1.165) is 5.92 Å². The van der Waals surface area contributed by atoms with Gasteiger partial charge in [0.05, 0.1) is 6.04 Å². The van der Waals surface area contributed by atoms with Crippen LogP contribution in [0.5, 0.6) is 0 Å². The Kier molecular flexibility index (Phi) is 28.5. The van der Waals surface area contributed by atoms with Crippen molar-refractivity contribution < 1.29 is 0 Å². The van der Waals surface area contributed by atoms with Crippen molar-refractivity contribution in [1.82, 2.24) is 9.80 Å². The first-order valence-corrected chi connectivity index (χ1v) is 9.09. The smallest absolute Gasteiger partial charge is 0.0863 e.